The van der Waals surface area contributed by atoms with Crippen LogP contribution >= 0.6 is 0 Å². The number of hydrogen-bond donors (Lipinski definition) is 2. The molecule has 17 heavy (non-hydrogen) atoms. The molecule has 0 bridgehead atoms. The van der Waals surface area contributed by atoms with Crippen LogP contribution < -0.4 is 11.1 Å². The van der Waals surface area contributed by atoms with Crippen LogP contribution in [0.1, 0.15) is 46.5 Å². The normalized spacial score (nSPS) is 27.9. The van der Waals surface area contributed by atoms with Crippen LogP contribution in [0.4, 0.5) is 0 Å². The van der Waals surface area contributed by atoms with E-state index in [0.717, 1.165) is 19.5 Å². The van der Waals surface area contributed by atoms with E-state index in [1.54, 1.807) is 0 Å². The van der Waals surface area contributed by atoms with E-state index in [2.05, 4.69) is 24.1 Å². The Morgan fingerprint density at radius 3 is 2.47 bits per heavy atom. The van der Waals surface area contributed by atoms with E-state index in [9.17, 15) is 4.79 Å². The molecule has 0 aromatic rings. The van der Waals surface area contributed by atoms with E-state index in [-0.39, 0.29) is 11.9 Å². The Bertz CT molecular complexity index is 235. The molecule has 1 rings (SSSR count). The third-order valence-corrected chi connectivity index (χ3v) is 3.85. The van der Waals surface area contributed by atoms with Crippen molar-refractivity contribution < 1.29 is 4.79 Å². The molecule has 0 spiro atoms. The Kier molecular flexibility index (Phi) is 5.92. The summed E-state index contributed by atoms with van der Waals surface area (Å²) in [6.07, 6.45) is 4.68. The zero-order valence-electron chi connectivity index (χ0n) is 11.4. The van der Waals surface area contributed by atoms with Crippen LogP contribution in [0, 0.1) is 0 Å². The predicted octanol–water partition coefficient (Wildman–Crippen LogP) is 1.10. The Labute approximate surface area is 105 Å². The largest absolute Gasteiger partial charge is 0.368 e. The monoisotopic (exact) mass is 241 g/mol. The van der Waals surface area contributed by atoms with Gasteiger partial charge in [-0.2, -0.15) is 0 Å². The van der Waals surface area contributed by atoms with Crippen molar-refractivity contribution >= 4 is 5.91 Å². The first-order valence-electron chi connectivity index (χ1n) is 6.84. The third kappa shape index (κ3) is 4.28. The maximum Gasteiger partial charge on any atom is 0.234 e. The number of hydrogen-bond acceptors (Lipinski definition) is 3. The Morgan fingerprint density at radius 1 is 1.41 bits per heavy atom. The molecular formula is C13H27N3O. The lowest BCUT2D eigenvalue weighted by molar-refractivity contribution is -0.120. The second-order valence-electron chi connectivity index (χ2n) is 5.17. The summed E-state index contributed by atoms with van der Waals surface area (Å²) in [6.45, 7) is 8.31. The Balaban J connectivity index is 2.43. The molecule has 1 aliphatic heterocycles. The molecule has 1 heterocycles. The first-order chi connectivity index (χ1) is 8.06. The lowest BCUT2D eigenvalue weighted by Crippen LogP contribution is -2.48. The molecule has 1 fully saturated rings. The van der Waals surface area contributed by atoms with Crippen molar-refractivity contribution in [3.63, 3.8) is 0 Å². The summed E-state index contributed by atoms with van der Waals surface area (Å²) in [7, 11) is 0. The maximum atomic E-state index is 11.3. The van der Waals surface area contributed by atoms with Gasteiger partial charge in [-0.25, -0.2) is 0 Å². The topological polar surface area (TPSA) is 58.4 Å². The number of piperidine rings is 1. The number of rotatable bonds is 6. The first kappa shape index (κ1) is 14.5. The highest BCUT2D eigenvalue weighted by molar-refractivity contribution is 5.79. The number of carbonyl (C=O) groups is 1. The minimum absolute atomic E-state index is 0.179. The van der Waals surface area contributed by atoms with Gasteiger partial charge in [-0.05, 0) is 39.7 Å². The summed E-state index contributed by atoms with van der Waals surface area (Å²) in [5.74, 6) is -0.232. The standard InChI is InChI=1S/C13H27N3O/c1-4-15-12(13(14)17)8-9-16-10(2)6-5-7-11(16)3/h10-12,15H,4-9H2,1-3H3,(H2,14,17)/t10-,11+,12?. The summed E-state index contributed by atoms with van der Waals surface area (Å²) >= 11 is 0. The highest BCUT2D eigenvalue weighted by atomic mass is 16.1. The molecule has 1 unspecified atom stereocenters. The minimum atomic E-state index is -0.232. The van der Waals surface area contributed by atoms with E-state index in [4.69, 9.17) is 5.73 Å². The zero-order chi connectivity index (χ0) is 12.8. The lowest BCUT2D eigenvalue weighted by atomic mass is 9.97. The molecule has 0 saturated carbocycles. The van der Waals surface area contributed by atoms with Gasteiger partial charge in [0.05, 0.1) is 6.04 Å². The average molecular weight is 241 g/mol. The molecular weight excluding hydrogens is 214 g/mol. The van der Waals surface area contributed by atoms with Crippen molar-refractivity contribution in [2.45, 2.75) is 64.6 Å². The zero-order valence-corrected chi connectivity index (χ0v) is 11.4. The van der Waals surface area contributed by atoms with Crippen molar-refractivity contribution in [1.82, 2.24) is 10.2 Å². The SMILES string of the molecule is CCNC(CCN1[C@H](C)CCC[C@@H]1C)C(N)=O. The van der Waals surface area contributed by atoms with Gasteiger partial charge in [-0.1, -0.05) is 13.3 Å². The van der Waals surface area contributed by atoms with Gasteiger partial charge in [0.1, 0.15) is 0 Å². The number of nitrogens with one attached hydrogen (secondary N) is 1. The fourth-order valence-electron chi connectivity index (χ4n) is 2.79. The average Bonchev–Trinajstić information content (AvgIpc) is 2.26. The first-order valence-corrected chi connectivity index (χ1v) is 6.84. The highest BCUT2D eigenvalue weighted by Crippen LogP contribution is 2.22. The molecule has 0 radical (unpaired) electrons. The number of likely N-dealkylation sites (N-methyl/N-ethyl adjacent to an activating group) is 1. The van der Waals surface area contributed by atoms with Crippen molar-refractivity contribution in [2.24, 2.45) is 5.73 Å². The maximum absolute atomic E-state index is 11.3. The molecule has 4 nitrogen and oxygen atoms in total. The number of carbonyl (C=O) groups excluding carboxylic acids is 1. The van der Waals surface area contributed by atoms with Gasteiger partial charge >= 0.3 is 0 Å². The van der Waals surface area contributed by atoms with Crippen LogP contribution in [-0.2, 0) is 4.79 Å². The molecule has 3 atom stereocenters. The third-order valence-electron chi connectivity index (χ3n) is 3.85. The van der Waals surface area contributed by atoms with Crippen molar-refractivity contribution in [3.8, 4) is 0 Å². The predicted molar refractivity (Wildman–Crippen MR) is 70.8 cm³/mol. The van der Waals surface area contributed by atoms with Gasteiger partial charge in [0.25, 0.3) is 0 Å². The Morgan fingerprint density at radius 2 is 2.00 bits per heavy atom. The van der Waals surface area contributed by atoms with E-state index < -0.39 is 0 Å². The second kappa shape index (κ2) is 6.97. The molecule has 1 saturated heterocycles. The molecule has 4 heteroatoms. The van der Waals surface area contributed by atoms with Gasteiger partial charge in [0, 0.05) is 18.6 Å². The fraction of sp³-hybridized carbons (Fsp3) is 0.923. The van der Waals surface area contributed by atoms with Crippen LogP contribution in [0.25, 0.3) is 0 Å². The molecule has 1 amide bonds. The molecule has 100 valence electrons. The number of primary amides is 1. The number of nitrogens with two attached hydrogens (primary N) is 1. The van der Waals surface area contributed by atoms with Crippen LogP contribution in [0.2, 0.25) is 0 Å². The highest BCUT2D eigenvalue weighted by Gasteiger charge is 2.25. The van der Waals surface area contributed by atoms with E-state index in [0.29, 0.717) is 12.1 Å². The van der Waals surface area contributed by atoms with Crippen LogP contribution in [-0.4, -0.2) is 42.0 Å². The molecule has 0 aromatic carbocycles. The van der Waals surface area contributed by atoms with E-state index in [1.807, 2.05) is 6.92 Å². The fourth-order valence-corrected chi connectivity index (χ4v) is 2.79. The van der Waals surface area contributed by atoms with Gasteiger partial charge < -0.3 is 11.1 Å². The molecule has 3 N–H and O–H groups in total. The van der Waals surface area contributed by atoms with Gasteiger partial charge in [0.2, 0.25) is 5.91 Å². The summed E-state index contributed by atoms with van der Waals surface area (Å²) in [5, 5.41) is 3.15. The van der Waals surface area contributed by atoms with E-state index >= 15 is 0 Å². The number of likely N-dealkylation sites (tertiary alicyclic amines) is 1. The van der Waals surface area contributed by atoms with Gasteiger partial charge in [-0.3, -0.25) is 9.69 Å². The van der Waals surface area contributed by atoms with Crippen LogP contribution in [0.15, 0.2) is 0 Å². The van der Waals surface area contributed by atoms with Crippen molar-refractivity contribution in [3.05, 3.63) is 0 Å². The Hall–Kier alpha value is -0.610. The number of amides is 1. The smallest absolute Gasteiger partial charge is 0.234 e. The number of nitrogens with zero attached hydrogens (tertiary/aromatic N) is 1. The molecule has 1 aliphatic rings. The summed E-state index contributed by atoms with van der Waals surface area (Å²) in [4.78, 5) is 13.8. The van der Waals surface area contributed by atoms with Crippen molar-refractivity contribution in [2.75, 3.05) is 13.1 Å². The molecule has 0 aromatic heterocycles. The van der Waals surface area contributed by atoms with Crippen LogP contribution in [0.5, 0.6) is 0 Å². The second-order valence-corrected chi connectivity index (χ2v) is 5.17. The van der Waals surface area contributed by atoms with Gasteiger partial charge in [0.15, 0.2) is 0 Å². The minimum Gasteiger partial charge on any atom is -0.368 e. The van der Waals surface area contributed by atoms with E-state index in [1.165, 1.54) is 19.3 Å². The summed E-state index contributed by atoms with van der Waals surface area (Å²) in [6, 6.07) is 1.09. The molecule has 0 aliphatic carbocycles. The van der Waals surface area contributed by atoms with Crippen LogP contribution in [0.3, 0.4) is 0 Å². The lowest BCUT2D eigenvalue weighted by Gasteiger charge is -2.39. The summed E-state index contributed by atoms with van der Waals surface area (Å²) < 4.78 is 0. The van der Waals surface area contributed by atoms with Crippen molar-refractivity contribution in [1.29, 1.82) is 0 Å². The quantitative estimate of drug-likeness (QED) is 0.732. The van der Waals surface area contributed by atoms with Gasteiger partial charge in [-0.15, -0.1) is 0 Å². The summed E-state index contributed by atoms with van der Waals surface area (Å²) in [5.41, 5.74) is 5.39.